The number of carbonyl (C=O) groups is 2. The molecule has 1 heterocycles. The Bertz CT molecular complexity index is 434. The van der Waals surface area contributed by atoms with Crippen molar-refractivity contribution in [1.29, 1.82) is 0 Å². The van der Waals surface area contributed by atoms with Crippen LogP contribution in [0.2, 0.25) is 0 Å². The highest BCUT2D eigenvalue weighted by molar-refractivity contribution is 7.16. The second-order valence-corrected chi connectivity index (χ2v) is 6.65. The molecule has 8 heteroatoms. The van der Waals surface area contributed by atoms with E-state index >= 15 is 0 Å². The molecule has 0 aliphatic carbocycles. The van der Waals surface area contributed by atoms with Crippen LogP contribution in [0.1, 0.15) is 59.3 Å². The van der Waals surface area contributed by atoms with Crippen molar-refractivity contribution < 1.29 is 24.6 Å². The number of likely N-dealkylation sites (tertiary alicyclic amines) is 1. The number of amides is 2. The van der Waals surface area contributed by atoms with Gasteiger partial charge in [-0.3, -0.25) is 14.5 Å². The van der Waals surface area contributed by atoms with Gasteiger partial charge < -0.3 is 15.1 Å². The van der Waals surface area contributed by atoms with Crippen molar-refractivity contribution in [3.63, 3.8) is 0 Å². The maximum atomic E-state index is 11.7. The molecule has 0 bridgehead atoms. The van der Waals surface area contributed by atoms with E-state index < -0.39 is 12.2 Å². The molecule has 1 aliphatic heterocycles. The Hall–Kier alpha value is -1.04. The van der Waals surface area contributed by atoms with E-state index in [1.54, 1.807) is 6.92 Å². The van der Waals surface area contributed by atoms with E-state index in [4.69, 9.17) is 4.84 Å². The molecular formula is C18H35N2O5P. The SMILES string of the molecule is CC.CC1CC(=O)N(CCCCCCO/N=C/C(O)CC(O)CP)C1=O. The molecule has 4 atom stereocenters. The van der Waals surface area contributed by atoms with Gasteiger partial charge in [0, 0.05) is 25.3 Å². The number of hydrogen-bond donors (Lipinski definition) is 2. The van der Waals surface area contributed by atoms with E-state index in [1.165, 1.54) is 11.1 Å². The van der Waals surface area contributed by atoms with Crippen LogP contribution in [0.4, 0.5) is 0 Å². The first-order valence-corrected chi connectivity index (χ1v) is 10.3. The maximum Gasteiger partial charge on any atom is 0.232 e. The van der Waals surface area contributed by atoms with Crippen molar-refractivity contribution in [2.45, 2.75) is 71.5 Å². The summed E-state index contributed by atoms with van der Waals surface area (Å²) in [6, 6.07) is 0. The number of nitrogens with zero attached hydrogens (tertiary/aromatic N) is 2. The number of aliphatic hydroxyl groups is 2. The largest absolute Gasteiger partial charge is 0.396 e. The van der Waals surface area contributed by atoms with Crippen LogP contribution in [0, 0.1) is 5.92 Å². The van der Waals surface area contributed by atoms with Crippen molar-refractivity contribution in [2.24, 2.45) is 11.1 Å². The van der Waals surface area contributed by atoms with Crippen LogP contribution >= 0.6 is 9.24 Å². The first-order chi connectivity index (χ1) is 12.5. The van der Waals surface area contributed by atoms with E-state index in [2.05, 4.69) is 14.4 Å². The van der Waals surface area contributed by atoms with Gasteiger partial charge in [-0.15, -0.1) is 9.24 Å². The molecular weight excluding hydrogens is 355 g/mol. The minimum Gasteiger partial charge on any atom is -0.396 e. The summed E-state index contributed by atoms with van der Waals surface area (Å²) in [6.07, 6.45) is 4.48. The summed E-state index contributed by atoms with van der Waals surface area (Å²) in [5.74, 6) is -0.283. The molecule has 0 saturated carbocycles. The molecule has 1 fully saturated rings. The lowest BCUT2D eigenvalue weighted by Gasteiger charge is -2.13. The number of rotatable bonds is 12. The molecule has 4 unspecified atom stereocenters. The topological polar surface area (TPSA) is 99.4 Å². The molecule has 2 N–H and O–H groups in total. The number of aliphatic hydroxyl groups excluding tert-OH is 2. The molecule has 0 aromatic heterocycles. The molecule has 1 aliphatic rings. The van der Waals surface area contributed by atoms with Gasteiger partial charge in [-0.25, -0.2) is 0 Å². The normalized spacial score (nSPS) is 19.5. The predicted octanol–water partition coefficient (Wildman–Crippen LogP) is 1.96. The van der Waals surface area contributed by atoms with Crippen molar-refractivity contribution in [3.8, 4) is 0 Å². The average molecular weight is 390 g/mol. The average Bonchev–Trinajstić information content (AvgIpc) is 2.87. The summed E-state index contributed by atoms with van der Waals surface area (Å²) in [5.41, 5.74) is 0. The van der Waals surface area contributed by atoms with Gasteiger partial charge in [-0.05, 0) is 25.4 Å². The summed E-state index contributed by atoms with van der Waals surface area (Å²) in [6.45, 7) is 6.75. The van der Waals surface area contributed by atoms with Crippen molar-refractivity contribution >= 4 is 27.3 Å². The van der Waals surface area contributed by atoms with Crippen LogP contribution in [0.5, 0.6) is 0 Å². The highest BCUT2D eigenvalue weighted by atomic mass is 31.0. The van der Waals surface area contributed by atoms with Gasteiger partial charge in [0.25, 0.3) is 0 Å². The van der Waals surface area contributed by atoms with Crippen LogP contribution in [0.25, 0.3) is 0 Å². The standard InChI is InChI=1S/C16H29N2O5P.C2H6/c1-12-8-15(21)18(16(12)22)6-4-2-3-5-7-23-17-10-13(19)9-14(20)11-24;1-2/h10,12-14,19-20H,2-9,11,24H2,1H3;1-2H3/b17-10+;. The summed E-state index contributed by atoms with van der Waals surface area (Å²) in [5, 5.41) is 22.6. The Kier molecular flexibility index (Phi) is 14.5. The van der Waals surface area contributed by atoms with Gasteiger partial charge in [-0.2, -0.15) is 0 Å². The molecule has 152 valence electrons. The molecule has 0 spiro atoms. The van der Waals surface area contributed by atoms with Crippen LogP contribution in [0.3, 0.4) is 0 Å². The van der Waals surface area contributed by atoms with Gasteiger partial charge in [0.15, 0.2) is 0 Å². The van der Waals surface area contributed by atoms with E-state index in [-0.39, 0.29) is 24.2 Å². The Labute approximate surface area is 159 Å². The fourth-order valence-electron chi connectivity index (χ4n) is 2.48. The third kappa shape index (κ3) is 10.2. The molecule has 2 amide bonds. The first kappa shape index (κ1) is 25.0. The number of unbranched alkanes of at least 4 members (excludes halogenated alkanes) is 3. The lowest BCUT2D eigenvalue weighted by Crippen LogP contribution is -2.31. The van der Waals surface area contributed by atoms with E-state index in [1.807, 2.05) is 13.8 Å². The number of carbonyl (C=O) groups excluding carboxylic acids is 2. The van der Waals surface area contributed by atoms with Gasteiger partial charge in [0.05, 0.1) is 18.4 Å². The Morgan fingerprint density at radius 1 is 1.27 bits per heavy atom. The Morgan fingerprint density at radius 2 is 1.92 bits per heavy atom. The minimum atomic E-state index is -0.807. The Balaban J connectivity index is 0.00000301. The van der Waals surface area contributed by atoms with Crippen molar-refractivity contribution in [3.05, 3.63) is 0 Å². The van der Waals surface area contributed by atoms with Crippen molar-refractivity contribution in [1.82, 2.24) is 4.90 Å². The van der Waals surface area contributed by atoms with Crippen LogP contribution < -0.4 is 0 Å². The van der Waals surface area contributed by atoms with Gasteiger partial charge in [0.1, 0.15) is 6.61 Å². The monoisotopic (exact) mass is 390 g/mol. The quantitative estimate of drug-likeness (QED) is 0.174. The number of oxime groups is 1. The summed E-state index contributed by atoms with van der Waals surface area (Å²) in [7, 11) is 2.41. The molecule has 0 aromatic rings. The zero-order valence-electron chi connectivity index (χ0n) is 16.3. The van der Waals surface area contributed by atoms with Gasteiger partial charge >= 0.3 is 0 Å². The highest BCUT2D eigenvalue weighted by Gasteiger charge is 2.34. The smallest absolute Gasteiger partial charge is 0.232 e. The summed E-state index contributed by atoms with van der Waals surface area (Å²) in [4.78, 5) is 29.8. The number of imide groups is 1. The Morgan fingerprint density at radius 3 is 2.50 bits per heavy atom. The molecule has 26 heavy (non-hydrogen) atoms. The second-order valence-electron chi connectivity index (χ2n) is 6.18. The minimum absolute atomic E-state index is 0.0528. The second kappa shape index (κ2) is 15.1. The third-order valence-corrected chi connectivity index (χ3v) is 4.47. The lowest BCUT2D eigenvalue weighted by molar-refractivity contribution is -0.139. The van der Waals surface area contributed by atoms with Gasteiger partial charge in [-0.1, -0.05) is 32.3 Å². The molecule has 0 radical (unpaired) electrons. The fourth-order valence-corrected chi connectivity index (χ4v) is 2.67. The first-order valence-electron chi connectivity index (χ1n) is 9.51. The maximum absolute atomic E-state index is 11.7. The van der Waals surface area contributed by atoms with Crippen LogP contribution in [-0.2, 0) is 14.4 Å². The lowest BCUT2D eigenvalue weighted by atomic mass is 10.1. The fraction of sp³-hybridized carbons (Fsp3) is 0.833. The molecule has 1 rings (SSSR count). The number of hydrogen-bond acceptors (Lipinski definition) is 6. The van der Waals surface area contributed by atoms with Crippen molar-refractivity contribution in [2.75, 3.05) is 19.3 Å². The third-order valence-electron chi connectivity index (χ3n) is 3.93. The van der Waals surface area contributed by atoms with E-state index in [0.717, 1.165) is 25.7 Å². The van der Waals surface area contributed by atoms with Crippen LogP contribution in [0.15, 0.2) is 5.16 Å². The predicted molar refractivity (Wildman–Crippen MR) is 106 cm³/mol. The molecule has 1 saturated heterocycles. The zero-order chi connectivity index (χ0) is 19.9. The van der Waals surface area contributed by atoms with Gasteiger partial charge in [0.2, 0.25) is 11.8 Å². The van der Waals surface area contributed by atoms with E-state index in [0.29, 0.717) is 25.7 Å². The molecule has 7 nitrogen and oxygen atoms in total. The zero-order valence-corrected chi connectivity index (χ0v) is 17.4. The van der Waals surface area contributed by atoms with Crippen LogP contribution in [-0.4, -0.2) is 64.7 Å². The summed E-state index contributed by atoms with van der Waals surface area (Å²) < 4.78 is 0. The van der Waals surface area contributed by atoms with E-state index in [9.17, 15) is 19.8 Å². The molecule has 0 aromatic carbocycles. The highest BCUT2D eigenvalue weighted by Crippen LogP contribution is 2.19. The summed E-state index contributed by atoms with van der Waals surface area (Å²) >= 11 is 0.